The Labute approximate surface area is 109 Å². The molecule has 1 aromatic heterocycles. The van der Waals surface area contributed by atoms with Gasteiger partial charge in [-0.1, -0.05) is 23.7 Å². The van der Waals surface area contributed by atoms with Gasteiger partial charge in [0.05, 0.1) is 12.4 Å². The standard InChI is InChI=1S/C13H11ClFN3/c14-12-6-16-7-13(18-12)17-11-5-10(11)8-2-1-3-9(15)4-8/h1-4,6-7,10-11H,5H2,(H,17,18)/t10-,11+/m0/s1. The molecule has 0 amide bonds. The number of benzene rings is 1. The van der Waals surface area contributed by atoms with Crippen LogP contribution in [-0.2, 0) is 0 Å². The molecule has 1 aliphatic rings. The lowest BCUT2D eigenvalue weighted by molar-refractivity contribution is 0.625. The second-order valence-electron chi connectivity index (χ2n) is 4.38. The molecule has 0 radical (unpaired) electrons. The van der Waals surface area contributed by atoms with E-state index in [-0.39, 0.29) is 11.9 Å². The summed E-state index contributed by atoms with van der Waals surface area (Å²) in [5.74, 6) is 0.800. The topological polar surface area (TPSA) is 37.8 Å². The highest BCUT2D eigenvalue weighted by molar-refractivity contribution is 6.29. The molecule has 1 fully saturated rings. The molecule has 0 spiro atoms. The lowest BCUT2D eigenvalue weighted by Crippen LogP contribution is -2.06. The Balaban J connectivity index is 1.68. The van der Waals surface area contributed by atoms with E-state index in [9.17, 15) is 4.39 Å². The van der Waals surface area contributed by atoms with E-state index in [2.05, 4.69) is 15.3 Å². The average molecular weight is 264 g/mol. The first-order chi connectivity index (χ1) is 8.72. The molecule has 1 N–H and O–H groups in total. The quantitative estimate of drug-likeness (QED) is 0.924. The maximum atomic E-state index is 13.1. The Bertz CT molecular complexity index is 576. The van der Waals surface area contributed by atoms with Gasteiger partial charge >= 0.3 is 0 Å². The van der Waals surface area contributed by atoms with Crippen LogP contribution in [0.15, 0.2) is 36.7 Å². The molecule has 1 heterocycles. The molecule has 0 aliphatic heterocycles. The molecule has 5 heteroatoms. The summed E-state index contributed by atoms with van der Waals surface area (Å²) >= 11 is 5.76. The van der Waals surface area contributed by atoms with Gasteiger partial charge in [-0.15, -0.1) is 0 Å². The molecule has 1 aromatic carbocycles. The predicted octanol–water partition coefficient (Wildman–Crippen LogP) is 3.24. The fraction of sp³-hybridized carbons (Fsp3) is 0.231. The molecule has 3 nitrogen and oxygen atoms in total. The molecule has 1 saturated carbocycles. The van der Waals surface area contributed by atoms with Crippen molar-refractivity contribution in [1.82, 2.24) is 9.97 Å². The molecule has 2 atom stereocenters. The van der Waals surface area contributed by atoms with Gasteiger partial charge in [0.25, 0.3) is 0 Å². The van der Waals surface area contributed by atoms with E-state index in [0.29, 0.717) is 16.9 Å². The largest absolute Gasteiger partial charge is 0.365 e. The van der Waals surface area contributed by atoms with E-state index in [1.54, 1.807) is 18.3 Å². The Morgan fingerprint density at radius 1 is 1.33 bits per heavy atom. The third kappa shape index (κ3) is 2.43. The van der Waals surface area contributed by atoms with E-state index >= 15 is 0 Å². The number of anilines is 1. The molecule has 18 heavy (non-hydrogen) atoms. The molecule has 1 aliphatic carbocycles. The molecule has 0 unspecified atom stereocenters. The number of hydrogen-bond donors (Lipinski definition) is 1. The van der Waals surface area contributed by atoms with Crippen LogP contribution in [0.5, 0.6) is 0 Å². The summed E-state index contributed by atoms with van der Waals surface area (Å²) in [7, 11) is 0. The van der Waals surface area contributed by atoms with Crippen LogP contribution >= 0.6 is 11.6 Å². The average Bonchev–Trinajstić information content (AvgIpc) is 3.08. The summed E-state index contributed by atoms with van der Waals surface area (Å²) in [5, 5.41) is 3.61. The number of nitrogens with one attached hydrogen (secondary N) is 1. The first kappa shape index (κ1) is 11.4. The van der Waals surface area contributed by atoms with Crippen LogP contribution < -0.4 is 5.32 Å². The van der Waals surface area contributed by atoms with E-state index in [1.165, 1.54) is 12.3 Å². The summed E-state index contributed by atoms with van der Waals surface area (Å²) < 4.78 is 13.1. The highest BCUT2D eigenvalue weighted by Crippen LogP contribution is 2.42. The Hall–Kier alpha value is -1.68. The van der Waals surface area contributed by atoms with Gasteiger partial charge in [-0.2, -0.15) is 0 Å². The van der Waals surface area contributed by atoms with Crippen molar-refractivity contribution in [2.45, 2.75) is 18.4 Å². The highest BCUT2D eigenvalue weighted by atomic mass is 35.5. The zero-order valence-corrected chi connectivity index (χ0v) is 10.2. The van der Waals surface area contributed by atoms with Crippen LogP contribution in [0.2, 0.25) is 5.15 Å². The summed E-state index contributed by atoms with van der Waals surface area (Å²) in [6, 6.07) is 6.99. The van der Waals surface area contributed by atoms with Crippen molar-refractivity contribution in [1.29, 1.82) is 0 Å². The van der Waals surface area contributed by atoms with Crippen molar-refractivity contribution in [3.63, 3.8) is 0 Å². The lowest BCUT2D eigenvalue weighted by atomic mass is 10.1. The molecule has 2 aromatic rings. The smallest absolute Gasteiger partial charge is 0.149 e. The van der Waals surface area contributed by atoms with Crippen LogP contribution in [0, 0.1) is 5.82 Å². The summed E-state index contributed by atoms with van der Waals surface area (Å²) in [5.41, 5.74) is 1.02. The van der Waals surface area contributed by atoms with Gasteiger partial charge in [-0.05, 0) is 24.1 Å². The number of halogens is 2. The summed E-state index contributed by atoms with van der Waals surface area (Å²) in [4.78, 5) is 8.08. The summed E-state index contributed by atoms with van der Waals surface area (Å²) in [6.07, 6.45) is 4.09. The van der Waals surface area contributed by atoms with Crippen LogP contribution in [0.3, 0.4) is 0 Å². The van der Waals surface area contributed by atoms with Crippen molar-refractivity contribution >= 4 is 17.4 Å². The Morgan fingerprint density at radius 2 is 2.22 bits per heavy atom. The normalized spacial score (nSPS) is 21.7. The second kappa shape index (κ2) is 4.53. The van der Waals surface area contributed by atoms with E-state index in [4.69, 9.17) is 11.6 Å². The van der Waals surface area contributed by atoms with Crippen LogP contribution in [0.1, 0.15) is 17.9 Å². The Kier molecular flexibility index (Phi) is 2.88. The van der Waals surface area contributed by atoms with Crippen molar-refractivity contribution in [3.05, 3.63) is 53.2 Å². The fourth-order valence-electron chi connectivity index (χ4n) is 2.06. The predicted molar refractivity (Wildman–Crippen MR) is 68.2 cm³/mol. The zero-order chi connectivity index (χ0) is 12.5. The minimum atomic E-state index is -0.194. The monoisotopic (exact) mass is 263 g/mol. The van der Waals surface area contributed by atoms with Gasteiger partial charge in [0.15, 0.2) is 0 Å². The summed E-state index contributed by atoms with van der Waals surface area (Å²) in [6.45, 7) is 0. The van der Waals surface area contributed by atoms with Crippen molar-refractivity contribution in [2.75, 3.05) is 5.32 Å². The first-order valence-electron chi connectivity index (χ1n) is 5.72. The molecule has 92 valence electrons. The molecule has 0 saturated heterocycles. The SMILES string of the molecule is Fc1cccc([C@@H]2C[C@H]2Nc2cncc(Cl)n2)c1. The molecular weight excluding hydrogens is 253 g/mol. The minimum Gasteiger partial charge on any atom is -0.365 e. The zero-order valence-electron chi connectivity index (χ0n) is 9.48. The van der Waals surface area contributed by atoms with E-state index in [0.717, 1.165) is 12.0 Å². The van der Waals surface area contributed by atoms with Crippen molar-refractivity contribution in [3.8, 4) is 0 Å². The van der Waals surface area contributed by atoms with Gasteiger partial charge in [-0.25, -0.2) is 9.37 Å². The van der Waals surface area contributed by atoms with Crippen molar-refractivity contribution in [2.24, 2.45) is 0 Å². The number of hydrogen-bond acceptors (Lipinski definition) is 3. The van der Waals surface area contributed by atoms with E-state index in [1.807, 2.05) is 6.07 Å². The van der Waals surface area contributed by atoms with Gasteiger partial charge in [0, 0.05) is 12.0 Å². The van der Waals surface area contributed by atoms with Gasteiger partial charge in [0.2, 0.25) is 0 Å². The van der Waals surface area contributed by atoms with Crippen LogP contribution in [0.25, 0.3) is 0 Å². The molecule has 0 bridgehead atoms. The first-order valence-corrected chi connectivity index (χ1v) is 6.10. The number of rotatable bonds is 3. The number of nitrogens with zero attached hydrogens (tertiary/aromatic N) is 2. The molecule has 3 rings (SSSR count). The fourth-order valence-corrected chi connectivity index (χ4v) is 2.21. The lowest BCUT2D eigenvalue weighted by Gasteiger charge is -2.04. The van der Waals surface area contributed by atoms with Crippen LogP contribution in [0.4, 0.5) is 10.2 Å². The maximum Gasteiger partial charge on any atom is 0.149 e. The number of aromatic nitrogens is 2. The van der Waals surface area contributed by atoms with Gasteiger partial charge in [-0.3, -0.25) is 4.98 Å². The molecular formula is C13H11ClFN3. The van der Waals surface area contributed by atoms with Crippen LogP contribution in [-0.4, -0.2) is 16.0 Å². The highest BCUT2D eigenvalue weighted by Gasteiger charge is 2.38. The van der Waals surface area contributed by atoms with Gasteiger partial charge < -0.3 is 5.32 Å². The third-order valence-corrected chi connectivity index (χ3v) is 3.19. The van der Waals surface area contributed by atoms with Gasteiger partial charge in [0.1, 0.15) is 16.8 Å². The second-order valence-corrected chi connectivity index (χ2v) is 4.76. The van der Waals surface area contributed by atoms with E-state index < -0.39 is 0 Å². The van der Waals surface area contributed by atoms with Crippen molar-refractivity contribution < 1.29 is 4.39 Å². The third-order valence-electron chi connectivity index (χ3n) is 3.01. The maximum absolute atomic E-state index is 13.1. The minimum absolute atomic E-state index is 0.194. The Morgan fingerprint density at radius 3 is 3.00 bits per heavy atom.